The highest BCUT2D eigenvalue weighted by Crippen LogP contribution is 2.22. The van der Waals surface area contributed by atoms with Crippen molar-refractivity contribution in [2.24, 2.45) is 7.05 Å². The predicted molar refractivity (Wildman–Crippen MR) is 76.0 cm³/mol. The Morgan fingerprint density at radius 1 is 1.28 bits per heavy atom. The third-order valence-electron chi connectivity index (χ3n) is 3.21. The summed E-state index contributed by atoms with van der Waals surface area (Å²) in [4.78, 5) is 4.41. The van der Waals surface area contributed by atoms with Crippen molar-refractivity contribution >= 4 is 15.9 Å². The van der Waals surface area contributed by atoms with E-state index in [4.69, 9.17) is 4.74 Å². The van der Waals surface area contributed by atoms with Crippen molar-refractivity contribution in [2.75, 3.05) is 7.11 Å². The molecule has 0 N–H and O–H groups in total. The Labute approximate surface area is 116 Å². The molecule has 0 bridgehead atoms. The molecule has 0 spiro atoms. The summed E-state index contributed by atoms with van der Waals surface area (Å²) in [5.41, 5.74) is 2.45. The number of aromatic nitrogens is 2. The van der Waals surface area contributed by atoms with E-state index in [0.717, 1.165) is 29.0 Å². The lowest BCUT2D eigenvalue weighted by molar-refractivity contribution is 0.409. The van der Waals surface area contributed by atoms with Gasteiger partial charge in [0.05, 0.1) is 12.8 Å². The second-order valence-electron chi connectivity index (χ2n) is 4.27. The van der Waals surface area contributed by atoms with E-state index in [1.165, 1.54) is 11.3 Å². The molecule has 4 heteroatoms. The second-order valence-corrected chi connectivity index (χ2v) is 5.02. The number of aryl methyl sites for hydroxylation is 2. The quantitative estimate of drug-likeness (QED) is 0.866. The summed E-state index contributed by atoms with van der Waals surface area (Å²) in [5.74, 6) is 1.98. The fraction of sp³-hybridized carbons (Fsp3) is 0.357. The molecule has 0 amide bonds. The van der Waals surface area contributed by atoms with Gasteiger partial charge in [-0.05, 0) is 47.3 Å². The maximum absolute atomic E-state index is 5.37. The molecule has 0 aliphatic carbocycles. The maximum atomic E-state index is 5.37. The van der Waals surface area contributed by atoms with Crippen LogP contribution in [0.3, 0.4) is 0 Å². The van der Waals surface area contributed by atoms with Gasteiger partial charge in [0.15, 0.2) is 0 Å². The molecule has 0 aliphatic rings. The molecule has 0 fully saturated rings. The zero-order valence-electron chi connectivity index (χ0n) is 10.9. The topological polar surface area (TPSA) is 27.1 Å². The summed E-state index contributed by atoms with van der Waals surface area (Å²) in [5, 5.41) is 0. The normalized spacial score (nSPS) is 10.7. The number of hydrogen-bond acceptors (Lipinski definition) is 2. The number of rotatable bonds is 4. The zero-order chi connectivity index (χ0) is 13.1. The zero-order valence-corrected chi connectivity index (χ0v) is 12.5. The number of methoxy groups -OCH3 is 1. The number of ether oxygens (including phenoxy) is 1. The van der Waals surface area contributed by atoms with Gasteiger partial charge < -0.3 is 9.30 Å². The predicted octanol–water partition coefficient (Wildman–Crippen LogP) is 3.28. The van der Waals surface area contributed by atoms with Gasteiger partial charge in [0.1, 0.15) is 16.2 Å². The van der Waals surface area contributed by atoms with Gasteiger partial charge >= 0.3 is 0 Å². The van der Waals surface area contributed by atoms with Crippen LogP contribution < -0.4 is 4.74 Å². The van der Waals surface area contributed by atoms with Crippen LogP contribution in [0.5, 0.6) is 5.75 Å². The van der Waals surface area contributed by atoms with Gasteiger partial charge in [-0.1, -0.05) is 18.2 Å². The summed E-state index contributed by atoms with van der Waals surface area (Å²) in [6, 6.07) is 8.14. The molecule has 18 heavy (non-hydrogen) atoms. The van der Waals surface area contributed by atoms with Crippen LogP contribution in [0.25, 0.3) is 0 Å². The first-order valence-corrected chi connectivity index (χ1v) is 6.72. The Bertz CT molecular complexity index is 549. The molecule has 1 aromatic heterocycles. The third kappa shape index (κ3) is 2.58. The smallest absolute Gasteiger partial charge is 0.127 e. The van der Waals surface area contributed by atoms with Gasteiger partial charge in [0, 0.05) is 7.05 Å². The highest BCUT2D eigenvalue weighted by Gasteiger charge is 2.10. The summed E-state index contributed by atoms with van der Waals surface area (Å²) < 4.78 is 8.43. The Hall–Kier alpha value is -1.29. The largest absolute Gasteiger partial charge is 0.496 e. The lowest BCUT2D eigenvalue weighted by Crippen LogP contribution is -2.02. The molecule has 0 aliphatic heterocycles. The Balaban J connectivity index is 2.16. The average molecular weight is 309 g/mol. The molecular formula is C14H17BrN2O. The van der Waals surface area contributed by atoms with E-state index < -0.39 is 0 Å². The first kappa shape index (κ1) is 13.1. The minimum Gasteiger partial charge on any atom is -0.496 e. The fourth-order valence-corrected chi connectivity index (χ4v) is 2.77. The number of imidazole rings is 1. The highest BCUT2D eigenvalue weighted by molar-refractivity contribution is 9.10. The molecular weight excluding hydrogens is 292 g/mol. The van der Waals surface area contributed by atoms with Gasteiger partial charge in [-0.2, -0.15) is 0 Å². The van der Waals surface area contributed by atoms with Crippen LogP contribution in [-0.4, -0.2) is 16.7 Å². The van der Waals surface area contributed by atoms with Crippen LogP contribution in [0.15, 0.2) is 28.9 Å². The maximum Gasteiger partial charge on any atom is 0.127 e. The van der Waals surface area contributed by atoms with Crippen molar-refractivity contribution in [3.8, 4) is 5.75 Å². The molecule has 0 saturated heterocycles. The molecule has 0 radical (unpaired) electrons. The summed E-state index contributed by atoms with van der Waals surface area (Å²) in [6.45, 7) is 2.01. The minimum absolute atomic E-state index is 0.942. The number of nitrogens with zero attached hydrogens (tertiary/aromatic N) is 2. The lowest BCUT2D eigenvalue weighted by Gasteiger charge is -2.09. The van der Waals surface area contributed by atoms with Crippen LogP contribution in [0.1, 0.15) is 17.1 Å². The monoisotopic (exact) mass is 308 g/mol. The highest BCUT2D eigenvalue weighted by atomic mass is 79.9. The van der Waals surface area contributed by atoms with Crippen molar-refractivity contribution in [1.29, 1.82) is 0 Å². The van der Waals surface area contributed by atoms with Crippen molar-refractivity contribution in [2.45, 2.75) is 19.8 Å². The van der Waals surface area contributed by atoms with Crippen LogP contribution >= 0.6 is 15.9 Å². The Kier molecular flexibility index (Phi) is 4.07. The van der Waals surface area contributed by atoms with E-state index in [9.17, 15) is 0 Å². The van der Waals surface area contributed by atoms with Crippen LogP contribution in [0, 0.1) is 6.92 Å². The SMILES string of the molecule is COc1ccccc1CCc1c(Br)nc(C)n1C. The molecule has 0 atom stereocenters. The van der Waals surface area contributed by atoms with Crippen molar-refractivity contribution in [1.82, 2.24) is 9.55 Å². The van der Waals surface area contributed by atoms with E-state index in [1.807, 2.05) is 32.2 Å². The van der Waals surface area contributed by atoms with Crippen LogP contribution in [0.4, 0.5) is 0 Å². The first-order chi connectivity index (χ1) is 8.63. The van der Waals surface area contributed by atoms with E-state index >= 15 is 0 Å². The number of para-hydroxylation sites is 1. The lowest BCUT2D eigenvalue weighted by atomic mass is 10.1. The summed E-state index contributed by atoms with van der Waals surface area (Å²) in [6.07, 6.45) is 1.89. The van der Waals surface area contributed by atoms with Crippen molar-refractivity contribution in [3.63, 3.8) is 0 Å². The van der Waals surface area contributed by atoms with E-state index in [0.29, 0.717) is 0 Å². The molecule has 2 rings (SSSR count). The molecule has 0 saturated carbocycles. The van der Waals surface area contributed by atoms with E-state index in [2.05, 4.69) is 31.5 Å². The molecule has 1 aromatic carbocycles. The van der Waals surface area contributed by atoms with Crippen molar-refractivity contribution < 1.29 is 4.74 Å². The van der Waals surface area contributed by atoms with Crippen LogP contribution in [-0.2, 0) is 19.9 Å². The Morgan fingerprint density at radius 2 is 2.00 bits per heavy atom. The third-order valence-corrected chi connectivity index (χ3v) is 3.85. The first-order valence-electron chi connectivity index (χ1n) is 5.93. The molecule has 1 heterocycles. The van der Waals surface area contributed by atoms with Gasteiger partial charge in [-0.15, -0.1) is 0 Å². The minimum atomic E-state index is 0.942. The summed E-state index contributed by atoms with van der Waals surface area (Å²) in [7, 11) is 3.76. The average Bonchev–Trinajstić information content (AvgIpc) is 2.62. The molecule has 2 aromatic rings. The number of halogens is 1. The molecule has 0 unspecified atom stereocenters. The van der Waals surface area contributed by atoms with Crippen molar-refractivity contribution in [3.05, 3.63) is 46.0 Å². The fourth-order valence-electron chi connectivity index (χ4n) is 2.05. The van der Waals surface area contributed by atoms with E-state index in [1.54, 1.807) is 7.11 Å². The van der Waals surface area contributed by atoms with Crippen LogP contribution in [0.2, 0.25) is 0 Å². The number of hydrogen-bond donors (Lipinski definition) is 0. The standard InChI is InChI=1S/C14H17BrN2O/c1-10-16-14(15)12(17(10)2)9-8-11-6-4-5-7-13(11)18-3/h4-7H,8-9H2,1-3H3. The van der Waals surface area contributed by atoms with Gasteiger partial charge in [0.2, 0.25) is 0 Å². The molecule has 96 valence electrons. The Morgan fingerprint density at radius 3 is 2.61 bits per heavy atom. The van der Waals surface area contributed by atoms with Gasteiger partial charge in [-0.3, -0.25) is 0 Å². The van der Waals surface area contributed by atoms with Gasteiger partial charge in [0.25, 0.3) is 0 Å². The molecule has 3 nitrogen and oxygen atoms in total. The van der Waals surface area contributed by atoms with Gasteiger partial charge in [-0.25, -0.2) is 4.98 Å². The van der Waals surface area contributed by atoms with E-state index in [-0.39, 0.29) is 0 Å². The second kappa shape index (κ2) is 5.57. The number of benzene rings is 1. The summed E-state index contributed by atoms with van der Waals surface area (Å²) >= 11 is 3.51.